The second kappa shape index (κ2) is 7.66. The summed E-state index contributed by atoms with van der Waals surface area (Å²) in [6, 6.07) is 7.06. The number of hydrogen-bond donors (Lipinski definition) is 1. The van der Waals surface area contributed by atoms with Gasteiger partial charge in [0.15, 0.2) is 10.7 Å². The van der Waals surface area contributed by atoms with E-state index in [2.05, 4.69) is 22.1 Å². The first-order valence-electron chi connectivity index (χ1n) is 9.13. The van der Waals surface area contributed by atoms with Crippen LogP contribution in [0.5, 0.6) is 0 Å². The summed E-state index contributed by atoms with van der Waals surface area (Å²) in [6.45, 7) is 5.17. The van der Waals surface area contributed by atoms with Crippen LogP contribution in [-0.4, -0.2) is 33.4 Å². The number of para-hydroxylation sites is 2. The molecule has 1 N–H and O–H groups in total. The van der Waals surface area contributed by atoms with Gasteiger partial charge in [-0.25, -0.2) is 9.78 Å². The van der Waals surface area contributed by atoms with E-state index in [4.69, 9.17) is 4.42 Å². The fourth-order valence-electron chi connectivity index (χ4n) is 3.56. The summed E-state index contributed by atoms with van der Waals surface area (Å²) in [7, 11) is 0. The van der Waals surface area contributed by atoms with Gasteiger partial charge >= 0.3 is 5.76 Å². The lowest BCUT2D eigenvalue weighted by Crippen LogP contribution is -2.33. The van der Waals surface area contributed by atoms with Gasteiger partial charge in [0.2, 0.25) is 5.91 Å². The number of piperidine rings is 1. The highest BCUT2D eigenvalue weighted by molar-refractivity contribution is 7.13. The summed E-state index contributed by atoms with van der Waals surface area (Å²) in [5.74, 6) is -0.110. The molecule has 27 heavy (non-hydrogen) atoms. The van der Waals surface area contributed by atoms with Crippen LogP contribution in [0, 0.1) is 5.92 Å². The fourth-order valence-corrected chi connectivity index (χ4v) is 4.28. The Hall–Kier alpha value is -2.45. The number of nitrogens with zero attached hydrogens (tertiary/aromatic N) is 3. The van der Waals surface area contributed by atoms with Crippen LogP contribution in [-0.2, 0) is 17.9 Å². The molecule has 0 aliphatic carbocycles. The molecule has 1 saturated heterocycles. The van der Waals surface area contributed by atoms with Gasteiger partial charge in [-0.05, 0) is 37.4 Å². The van der Waals surface area contributed by atoms with E-state index in [-0.39, 0.29) is 12.5 Å². The molecule has 1 unspecified atom stereocenters. The maximum atomic E-state index is 12.4. The number of oxazole rings is 1. The molecular formula is C19H22N4O3S. The minimum Gasteiger partial charge on any atom is -0.408 e. The van der Waals surface area contributed by atoms with Gasteiger partial charge in [0, 0.05) is 18.5 Å². The zero-order valence-electron chi connectivity index (χ0n) is 15.2. The number of aromatic nitrogens is 2. The third kappa shape index (κ3) is 4.12. The van der Waals surface area contributed by atoms with Crippen molar-refractivity contribution in [3.63, 3.8) is 0 Å². The van der Waals surface area contributed by atoms with Crippen LogP contribution in [0.25, 0.3) is 11.1 Å². The first kappa shape index (κ1) is 17.9. The number of rotatable bonds is 5. The van der Waals surface area contributed by atoms with Crippen molar-refractivity contribution in [1.29, 1.82) is 0 Å². The van der Waals surface area contributed by atoms with Gasteiger partial charge in [0.05, 0.1) is 11.2 Å². The molecule has 8 heteroatoms. The van der Waals surface area contributed by atoms with Crippen molar-refractivity contribution in [1.82, 2.24) is 14.5 Å². The Morgan fingerprint density at radius 2 is 2.26 bits per heavy atom. The maximum Gasteiger partial charge on any atom is 0.420 e. The molecule has 1 aliphatic rings. The van der Waals surface area contributed by atoms with E-state index in [9.17, 15) is 9.59 Å². The molecule has 1 fully saturated rings. The quantitative estimate of drug-likeness (QED) is 0.729. The summed E-state index contributed by atoms with van der Waals surface area (Å²) in [5, 5.41) is 5.32. The topological polar surface area (TPSA) is 80.4 Å². The van der Waals surface area contributed by atoms with Gasteiger partial charge in [-0.2, -0.15) is 0 Å². The van der Waals surface area contributed by atoms with Crippen LogP contribution in [0.4, 0.5) is 5.13 Å². The molecule has 3 heterocycles. The van der Waals surface area contributed by atoms with Crippen molar-refractivity contribution >= 4 is 33.5 Å². The number of benzene rings is 1. The second-order valence-corrected chi connectivity index (χ2v) is 7.95. The number of likely N-dealkylation sites (tertiary alicyclic amines) is 1. The Bertz CT molecular complexity index is 1010. The Kier molecular flexibility index (Phi) is 5.09. The van der Waals surface area contributed by atoms with Crippen molar-refractivity contribution in [2.75, 3.05) is 18.4 Å². The van der Waals surface area contributed by atoms with E-state index in [1.807, 2.05) is 5.38 Å². The number of hydrogen-bond acceptors (Lipinski definition) is 6. The molecule has 0 radical (unpaired) electrons. The average Bonchev–Trinajstić information content (AvgIpc) is 3.19. The largest absolute Gasteiger partial charge is 0.420 e. The summed E-state index contributed by atoms with van der Waals surface area (Å²) in [6.07, 6.45) is 2.51. The standard InChI is InChI=1S/C19H22N4O3S/c1-13-5-4-8-22(9-13)10-14-12-27-18(20-14)21-17(24)11-23-15-6-2-3-7-16(15)26-19(23)25/h2-3,6-7,12-13H,4-5,8-11H2,1H3,(H,20,21,24). The number of fused-ring (bicyclic) bond motifs is 1. The van der Waals surface area contributed by atoms with E-state index < -0.39 is 5.76 Å². The Morgan fingerprint density at radius 1 is 1.41 bits per heavy atom. The highest BCUT2D eigenvalue weighted by atomic mass is 32.1. The number of carbonyl (C=O) groups excluding carboxylic acids is 1. The van der Waals surface area contributed by atoms with E-state index in [1.165, 1.54) is 28.7 Å². The van der Waals surface area contributed by atoms with E-state index in [0.717, 1.165) is 31.2 Å². The third-order valence-corrected chi connectivity index (χ3v) is 5.61. The summed E-state index contributed by atoms with van der Waals surface area (Å²) in [5.41, 5.74) is 2.05. The Labute approximate surface area is 160 Å². The van der Waals surface area contributed by atoms with Gasteiger partial charge in [-0.1, -0.05) is 19.1 Å². The molecule has 0 saturated carbocycles. The third-order valence-electron chi connectivity index (χ3n) is 4.80. The van der Waals surface area contributed by atoms with Crippen molar-refractivity contribution in [3.05, 3.63) is 45.9 Å². The van der Waals surface area contributed by atoms with Gasteiger partial charge in [0.25, 0.3) is 0 Å². The zero-order chi connectivity index (χ0) is 18.8. The van der Waals surface area contributed by atoms with E-state index >= 15 is 0 Å². The van der Waals surface area contributed by atoms with Crippen molar-refractivity contribution < 1.29 is 9.21 Å². The average molecular weight is 386 g/mol. The molecule has 142 valence electrons. The molecule has 0 bridgehead atoms. The van der Waals surface area contributed by atoms with Crippen LogP contribution < -0.4 is 11.1 Å². The Morgan fingerprint density at radius 3 is 3.11 bits per heavy atom. The molecule has 1 amide bonds. The first-order chi connectivity index (χ1) is 13.1. The number of thiazole rings is 1. The summed E-state index contributed by atoms with van der Waals surface area (Å²) in [4.78, 5) is 31.3. The lowest BCUT2D eigenvalue weighted by Gasteiger charge is -2.30. The minimum absolute atomic E-state index is 0.103. The second-order valence-electron chi connectivity index (χ2n) is 7.10. The molecule has 3 aromatic rings. The molecule has 2 aromatic heterocycles. The van der Waals surface area contributed by atoms with Crippen LogP contribution in [0.2, 0.25) is 0 Å². The van der Waals surface area contributed by atoms with Gasteiger partial charge in [-0.15, -0.1) is 11.3 Å². The van der Waals surface area contributed by atoms with Crippen LogP contribution in [0.3, 0.4) is 0 Å². The number of carbonyl (C=O) groups is 1. The summed E-state index contributed by atoms with van der Waals surface area (Å²) < 4.78 is 6.48. The smallest absolute Gasteiger partial charge is 0.408 e. The number of nitrogens with one attached hydrogen (secondary N) is 1. The van der Waals surface area contributed by atoms with Crippen LogP contribution in [0.1, 0.15) is 25.5 Å². The lowest BCUT2D eigenvalue weighted by molar-refractivity contribution is -0.116. The van der Waals surface area contributed by atoms with Crippen molar-refractivity contribution in [2.45, 2.75) is 32.9 Å². The van der Waals surface area contributed by atoms with Crippen LogP contribution in [0.15, 0.2) is 38.9 Å². The molecule has 1 atom stereocenters. The van der Waals surface area contributed by atoms with Gasteiger partial charge in [0.1, 0.15) is 6.54 Å². The maximum absolute atomic E-state index is 12.4. The molecule has 0 spiro atoms. The van der Waals surface area contributed by atoms with E-state index in [0.29, 0.717) is 16.2 Å². The van der Waals surface area contributed by atoms with Crippen molar-refractivity contribution in [3.8, 4) is 0 Å². The minimum atomic E-state index is -0.537. The van der Waals surface area contributed by atoms with E-state index in [1.54, 1.807) is 24.3 Å². The van der Waals surface area contributed by atoms with Gasteiger partial charge in [-0.3, -0.25) is 14.3 Å². The highest BCUT2D eigenvalue weighted by Gasteiger charge is 2.18. The highest BCUT2D eigenvalue weighted by Crippen LogP contribution is 2.21. The van der Waals surface area contributed by atoms with Gasteiger partial charge < -0.3 is 9.73 Å². The predicted octanol–water partition coefficient (Wildman–Crippen LogP) is 2.92. The monoisotopic (exact) mass is 386 g/mol. The Balaban J connectivity index is 1.39. The molecule has 1 aromatic carbocycles. The normalized spacial score (nSPS) is 18.0. The number of anilines is 1. The SMILES string of the molecule is CC1CCCN(Cc2csc(NC(=O)Cn3c(=O)oc4ccccc43)n2)C1. The van der Waals surface area contributed by atoms with Crippen molar-refractivity contribution in [2.24, 2.45) is 5.92 Å². The molecule has 1 aliphatic heterocycles. The number of amides is 1. The predicted molar refractivity (Wildman–Crippen MR) is 105 cm³/mol. The first-order valence-corrected chi connectivity index (χ1v) is 10.0. The molecular weight excluding hydrogens is 364 g/mol. The lowest BCUT2D eigenvalue weighted by atomic mass is 10.0. The van der Waals surface area contributed by atoms with Crippen LogP contribution >= 0.6 is 11.3 Å². The fraction of sp³-hybridized carbons (Fsp3) is 0.421. The summed E-state index contributed by atoms with van der Waals surface area (Å²) >= 11 is 1.41. The zero-order valence-corrected chi connectivity index (χ0v) is 16.0. The molecule has 7 nitrogen and oxygen atoms in total. The molecule has 4 rings (SSSR count).